The number of nitro groups is 1. The number of hydrogen-bond donors (Lipinski definition) is 1. The van der Waals surface area contributed by atoms with Crippen molar-refractivity contribution < 1.29 is 19.2 Å². The summed E-state index contributed by atoms with van der Waals surface area (Å²) in [6.45, 7) is 0. The van der Waals surface area contributed by atoms with Gasteiger partial charge in [0.1, 0.15) is 11.5 Å². The van der Waals surface area contributed by atoms with Crippen molar-refractivity contribution in [3.05, 3.63) is 63.7 Å². The predicted molar refractivity (Wildman–Crippen MR) is 87.7 cm³/mol. The molecule has 0 aliphatic heterocycles. The van der Waals surface area contributed by atoms with E-state index in [4.69, 9.17) is 9.47 Å². The molecule has 2 rings (SSSR count). The van der Waals surface area contributed by atoms with Gasteiger partial charge in [-0.15, -0.1) is 0 Å². The summed E-state index contributed by atoms with van der Waals surface area (Å²) in [5.74, 6) is 0.484. The van der Waals surface area contributed by atoms with Gasteiger partial charge >= 0.3 is 0 Å². The molecule has 0 spiro atoms. The lowest BCUT2D eigenvalue weighted by Crippen LogP contribution is -2.17. The van der Waals surface area contributed by atoms with Gasteiger partial charge in [-0.3, -0.25) is 14.9 Å². The van der Waals surface area contributed by atoms with Gasteiger partial charge < -0.3 is 9.47 Å². The van der Waals surface area contributed by atoms with Gasteiger partial charge in [0.15, 0.2) is 0 Å². The van der Waals surface area contributed by atoms with E-state index in [1.54, 1.807) is 24.3 Å². The number of hydrazone groups is 1. The Kier molecular flexibility index (Phi) is 5.45. The molecule has 0 saturated carbocycles. The molecular formula is C16H15N3O5. The third-order valence-corrected chi connectivity index (χ3v) is 3.07. The van der Waals surface area contributed by atoms with E-state index < -0.39 is 10.8 Å². The molecule has 0 bridgehead atoms. The molecule has 0 saturated heterocycles. The van der Waals surface area contributed by atoms with E-state index in [0.29, 0.717) is 22.6 Å². The average molecular weight is 329 g/mol. The lowest BCUT2D eigenvalue weighted by atomic mass is 10.2. The summed E-state index contributed by atoms with van der Waals surface area (Å²) >= 11 is 0. The van der Waals surface area contributed by atoms with Crippen molar-refractivity contribution in [2.75, 3.05) is 14.2 Å². The highest BCUT2D eigenvalue weighted by atomic mass is 16.6. The summed E-state index contributed by atoms with van der Waals surface area (Å²) in [6.07, 6.45) is 1.32. The summed E-state index contributed by atoms with van der Waals surface area (Å²) in [7, 11) is 2.97. The first-order chi connectivity index (χ1) is 11.5. The van der Waals surface area contributed by atoms with Crippen molar-refractivity contribution in [3.8, 4) is 11.5 Å². The van der Waals surface area contributed by atoms with Crippen LogP contribution in [0.15, 0.2) is 47.6 Å². The molecule has 0 heterocycles. The second-order valence-electron chi connectivity index (χ2n) is 4.65. The molecule has 0 fully saturated rings. The maximum absolute atomic E-state index is 12.1. The summed E-state index contributed by atoms with van der Waals surface area (Å²) in [5.41, 5.74) is 3.10. The fourth-order valence-corrected chi connectivity index (χ4v) is 1.89. The molecule has 0 aliphatic carbocycles. The van der Waals surface area contributed by atoms with Crippen LogP contribution in [0.25, 0.3) is 0 Å². The molecule has 8 nitrogen and oxygen atoms in total. The van der Waals surface area contributed by atoms with Crippen LogP contribution in [0.2, 0.25) is 0 Å². The first kappa shape index (κ1) is 16.9. The molecule has 8 heteroatoms. The standard InChI is InChI=1S/C16H15N3O5/c1-23-14-7-12(8-15(9-14)24-2)16(20)18-17-10-11-4-3-5-13(6-11)19(21)22/h3-10H,1-2H3,(H,18,20)/b17-10+. The molecule has 1 N–H and O–H groups in total. The van der Waals surface area contributed by atoms with Crippen LogP contribution >= 0.6 is 0 Å². The normalized spacial score (nSPS) is 10.4. The molecule has 124 valence electrons. The Morgan fingerprint density at radius 2 is 1.83 bits per heavy atom. The summed E-state index contributed by atoms with van der Waals surface area (Å²) in [5, 5.41) is 14.5. The Labute approximate surface area is 137 Å². The molecule has 1 amide bonds. The maximum atomic E-state index is 12.1. The topological polar surface area (TPSA) is 103 Å². The first-order valence-corrected chi connectivity index (χ1v) is 6.84. The Morgan fingerprint density at radius 1 is 1.17 bits per heavy atom. The number of benzene rings is 2. The third-order valence-electron chi connectivity index (χ3n) is 3.07. The smallest absolute Gasteiger partial charge is 0.271 e. The van der Waals surface area contributed by atoms with Crippen LogP contribution in [0.1, 0.15) is 15.9 Å². The van der Waals surface area contributed by atoms with E-state index in [1.807, 2.05) is 0 Å². The van der Waals surface area contributed by atoms with Gasteiger partial charge in [-0.2, -0.15) is 5.10 Å². The second-order valence-corrected chi connectivity index (χ2v) is 4.65. The van der Waals surface area contributed by atoms with Crippen LogP contribution in [-0.4, -0.2) is 31.3 Å². The van der Waals surface area contributed by atoms with Crippen LogP contribution in [0.5, 0.6) is 11.5 Å². The number of methoxy groups -OCH3 is 2. The molecule has 0 aromatic heterocycles. The molecule has 0 aliphatic rings. The van der Waals surface area contributed by atoms with Crippen molar-refractivity contribution in [1.82, 2.24) is 5.43 Å². The van der Waals surface area contributed by atoms with Crippen LogP contribution in [0, 0.1) is 10.1 Å². The van der Waals surface area contributed by atoms with Gasteiger partial charge in [0.25, 0.3) is 11.6 Å². The van der Waals surface area contributed by atoms with Crippen molar-refractivity contribution in [2.45, 2.75) is 0 Å². The molecule has 2 aromatic carbocycles. The number of non-ortho nitro benzene ring substituents is 1. The lowest BCUT2D eigenvalue weighted by molar-refractivity contribution is -0.384. The highest BCUT2D eigenvalue weighted by Crippen LogP contribution is 2.22. The minimum atomic E-state index is -0.502. The number of hydrogen-bond acceptors (Lipinski definition) is 6. The molecule has 2 aromatic rings. The van der Waals surface area contributed by atoms with Gasteiger partial charge in [0.2, 0.25) is 0 Å². The van der Waals surface area contributed by atoms with Crippen molar-refractivity contribution in [2.24, 2.45) is 5.10 Å². The van der Waals surface area contributed by atoms with Crippen LogP contribution in [-0.2, 0) is 0 Å². The van der Waals surface area contributed by atoms with E-state index in [9.17, 15) is 14.9 Å². The Hall–Kier alpha value is -3.42. The SMILES string of the molecule is COc1cc(OC)cc(C(=O)N/N=C/c2cccc([N+](=O)[O-])c2)c1. The van der Waals surface area contributed by atoms with Crippen molar-refractivity contribution in [1.29, 1.82) is 0 Å². The van der Waals surface area contributed by atoms with Gasteiger partial charge in [-0.1, -0.05) is 12.1 Å². The molecule has 24 heavy (non-hydrogen) atoms. The van der Waals surface area contributed by atoms with Crippen molar-refractivity contribution in [3.63, 3.8) is 0 Å². The Morgan fingerprint density at radius 3 is 2.42 bits per heavy atom. The van der Waals surface area contributed by atoms with E-state index in [1.165, 1.54) is 38.6 Å². The number of carbonyl (C=O) groups excluding carboxylic acids is 1. The zero-order chi connectivity index (χ0) is 17.5. The highest BCUT2D eigenvalue weighted by Gasteiger charge is 2.09. The minimum Gasteiger partial charge on any atom is -0.497 e. The summed E-state index contributed by atoms with van der Waals surface area (Å²) < 4.78 is 10.2. The van der Waals surface area contributed by atoms with Crippen LogP contribution < -0.4 is 14.9 Å². The number of rotatable bonds is 6. The van der Waals surface area contributed by atoms with Crippen molar-refractivity contribution >= 4 is 17.8 Å². The van der Waals surface area contributed by atoms with Crippen LogP contribution in [0.4, 0.5) is 5.69 Å². The Bertz CT molecular complexity index is 767. The van der Waals surface area contributed by atoms with E-state index >= 15 is 0 Å². The molecule has 0 radical (unpaired) electrons. The number of nitro benzene ring substituents is 1. The summed E-state index contributed by atoms with van der Waals surface area (Å²) in [4.78, 5) is 22.3. The highest BCUT2D eigenvalue weighted by molar-refractivity contribution is 5.95. The molecule has 0 atom stereocenters. The fraction of sp³-hybridized carbons (Fsp3) is 0.125. The zero-order valence-electron chi connectivity index (χ0n) is 13.1. The second kappa shape index (κ2) is 7.73. The van der Waals surface area contributed by atoms with Gasteiger partial charge in [-0.25, -0.2) is 5.43 Å². The quantitative estimate of drug-likeness (QED) is 0.498. The number of ether oxygens (including phenoxy) is 2. The first-order valence-electron chi connectivity index (χ1n) is 6.84. The van der Waals surface area contributed by atoms with Gasteiger partial charge in [-0.05, 0) is 12.1 Å². The minimum absolute atomic E-state index is 0.0530. The fourth-order valence-electron chi connectivity index (χ4n) is 1.89. The monoisotopic (exact) mass is 329 g/mol. The van der Waals surface area contributed by atoms with E-state index in [2.05, 4.69) is 10.5 Å². The van der Waals surface area contributed by atoms with Gasteiger partial charge in [0.05, 0.1) is 25.4 Å². The van der Waals surface area contributed by atoms with E-state index in [-0.39, 0.29) is 5.69 Å². The zero-order valence-corrected chi connectivity index (χ0v) is 13.1. The van der Waals surface area contributed by atoms with Gasteiger partial charge in [0, 0.05) is 29.3 Å². The molecular weight excluding hydrogens is 314 g/mol. The Balaban J connectivity index is 2.10. The van der Waals surface area contributed by atoms with Crippen LogP contribution in [0.3, 0.4) is 0 Å². The average Bonchev–Trinajstić information content (AvgIpc) is 2.61. The third kappa shape index (κ3) is 4.29. The predicted octanol–water partition coefficient (Wildman–Crippen LogP) is 2.38. The lowest BCUT2D eigenvalue weighted by Gasteiger charge is -2.07. The number of carbonyl (C=O) groups is 1. The number of nitrogens with zero attached hydrogens (tertiary/aromatic N) is 2. The summed E-state index contributed by atoms with van der Waals surface area (Å²) in [6, 6.07) is 10.6. The molecule has 0 unspecified atom stereocenters. The number of nitrogens with one attached hydrogen (secondary N) is 1. The maximum Gasteiger partial charge on any atom is 0.271 e. The number of amides is 1. The largest absolute Gasteiger partial charge is 0.497 e. The van der Waals surface area contributed by atoms with E-state index in [0.717, 1.165) is 0 Å².